The van der Waals surface area contributed by atoms with E-state index >= 15 is 0 Å². The molecule has 0 aliphatic heterocycles. The number of hydrogen-bond donors (Lipinski definition) is 0. The molecule has 0 unspecified atom stereocenters. The van der Waals surface area contributed by atoms with Gasteiger partial charge in [-0.1, -0.05) is 11.6 Å². The van der Waals surface area contributed by atoms with Crippen molar-refractivity contribution in [2.45, 2.75) is 39.0 Å². The molecule has 0 atom stereocenters. The van der Waals surface area contributed by atoms with Crippen LogP contribution in [0.5, 0.6) is 0 Å². The van der Waals surface area contributed by atoms with Crippen LogP contribution in [0.4, 0.5) is 0 Å². The smallest absolute Gasteiger partial charge is 0.0236 e. The molecule has 0 N–H and O–H groups in total. The summed E-state index contributed by atoms with van der Waals surface area (Å²) in [6.07, 6.45) is 9.23. The van der Waals surface area contributed by atoms with Crippen LogP contribution in [0.2, 0.25) is 0 Å². The summed E-state index contributed by atoms with van der Waals surface area (Å²) in [5.74, 6) is 0. The summed E-state index contributed by atoms with van der Waals surface area (Å²) in [6, 6.07) is 0. The first-order valence-electron chi connectivity index (χ1n) is 4.28. The van der Waals surface area contributed by atoms with Crippen molar-refractivity contribution in [3.05, 3.63) is 22.8 Å². The Morgan fingerprint density at radius 3 is 2.20 bits per heavy atom. The van der Waals surface area contributed by atoms with Gasteiger partial charge in [0.05, 0.1) is 0 Å². The van der Waals surface area contributed by atoms with Crippen LogP contribution in [0.1, 0.15) is 39.0 Å². The first kappa shape index (κ1) is 6.21. The first-order valence-corrected chi connectivity index (χ1v) is 4.28. The highest BCUT2D eigenvalue weighted by Gasteiger charge is 2.22. The van der Waals surface area contributed by atoms with Crippen molar-refractivity contribution in [3.63, 3.8) is 0 Å². The van der Waals surface area contributed by atoms with Gasteiger partial charge in [0, 0.05) is 0 Å². The van der Waals surface area contributed by atoms with Crippen molar-refractivity contribution in [3.8, 4) is 0 Å². The fourth-order valence-corrected chi connectivity index (χ4v) is 1.77. The first-order chi connectivity index (χ1) is 4.92. The van der Waals surface area contributed by atoms with Crippen molar-refractivity contribution in [2.75, 3.05) is 0 Å². The van der Waals surface area contributed by atoms with E-state index in [1.165, 1.54) is 32.1 Å². The van der Waals surface area contributed by atoms with E-state index < -0.39 is 0 Å². The molecule has 0 radical (unpaired) electrons. The summed E-state index contributed by atoms with van der Waals surface area (Å²) in [6.45, 7) is 2.16. The lowest BCUT2D eigenvalue weighted by Crippen LogP contribution is -2.11. The number of hydrogen-bond acceptors (Lipinski definition) is 0. The molecule has 2 saturated carbocycles. The van der Waals surface area contributed by atoms with E-state index in [0.717, 1.165) is 0 Å². The topological polar surface area (TPSA) is 0 Å². The summed E-state index contributed by atoms with van der Waals surface area (Å²) >= 11 is 0. The van der Waals surface area contributed by atoms with Gasteiger partial charge in [0.2, 0.25) is 0 Å². The zero-order valence-electron chi connectivity index (χ0n) is 6.61. The molecule has 2 rings (SSSR count). The van der Waals surface area contributed by atoms with Crippen LogP contribution in [0, 0.1) is 0 Å². The van der Waals surface area contributed by atoms with E-state index in [2.05, 4.69) is 13.0 Å². The molecule has 2 aliphatic carbocycles. The zero-order valence-corrected chi connectivity index (χ0v) is 6.61. The largest absolute Gasteiger partial charge is 0.0842 e. The van der Waals surface area contributed by atoms with Gasteiger partial charge in [-0.15, -0.1) is 0 Å². The Morgan fingerprint density at radius 1 is 1.10 bits per heavy atom. The maximum absolute atomic E-state index is 2.28. The summed E-state index contributed by atoms with van der Waals surface area (Å²) in [4.78, 5) is 0. The molecular formula is C10H14. The van der Waals surface area contributed by atoms with Crippen molar-refractivity contribution < 1.29 is 0 Å². The summed E-state index contributed by atoms with van der Waals surface area (Å²) in [5, 5.41) is 0. The highest BCUT2D eigenvalue weighted by molar-refractivity contribution is 5.44. The molecule has 0 heteroatoms. The molecule has 54 valence electrons. The van der Waals surface area contributed by atoms with Gasteiger partial charge in [0.1, 0.15) is 0 Å². The van der Waals surface area contributed by atoms with Crippen LogP contribution in [0.25, 0.3) is 0 Å². The lowest BCUT2D eigenvalue weighted by molar-refractivity contribution is 0.625. The lowest BCUT2D eigenvalue weighted by Gasteiger charge is -2.30. The van der Waals surface area contributed by atoms with Crippen LogP contribution in [-0.2, 0) is 0 Å². The van der Waals surface area contributed by atoms with Crippen LogP contribution < -0.4 is 0 Å². The van der Waals surface area contributed by atoms with Crippen LogP contribution >= 0.6 is 0 Å². The normalized spacial score (nSPS) is 28.3. The van der Waals surface area contributed by atoms with Crippen molar-refractivity contribution in [2.24, 2.45) is 0 Å². The van der Waals surface area contributed by atoms with Crippen molar-refractivity contribution in [1.82, 2.24) is 0 Å². The van der Waals surface area contributed by atoms with Gasteiger partial charge in [0.15, 0.2) is 0 Å². The molecule has 0 saturated heterocycles. The SMILES string of the molecule is CC=C1CCC1=C1CCC1. The van der Waals surface area contributed by atoms with Crippen LogP contribution in [-0.4, -0.2) is 0 Å². The molecule has 0 nitrogen and oxygen atoms in total. The van der Waals surface area contributed by atoms with E-state index in [-0.39, 0.29) is 0 Å². The molecular weight excluding hydrogens is 120 g/mol. The average molecular weight is 134 g/mol. The third kappa shape index (κ3) is 0.749. The standard InChI is InChI=1S/C10H14/c1-2-8-6-7-10(8)9-4-3-5-9/h2H,3-7H2,1H3. The van der Waals surface area contributed by atoms with E-state index in [9.17, 15) is 0 Å². The molecule has 0 spiro atoms. The highest BCUT2D eigenvalue weighted by Crippen LogP contribution is 2.41. The predicted molar refractivity (Wildman–Crippen MR) is 43.9 cm³/mol. The van der Waals surface area contributed by atoms with Gasteiger partial charge in [-0.2, -0.15) is 0 Å². The second-order valence-electron chi connectivity index (χ2n) is 3.25. The van der Waals surface area contributed by atoms with Gasteiger partial charge >= 0.3 is 0 Å². The second-order valence-corrected chi connectivity index (χ2v) is 3.25. The third-order valence-electron chi connectivity index (χ3n) is 2.76. The summed E-state index contributed by atoms with van der Waals surface area (Å²) in [7, 11) is 0. The fraction of sp³-hybridized carbons (Fsp3) is 0.600. The number of allylic oxidation sites excluding steroid dienone is 4. The highest BCUT2D eigenvalue weighted by atomic mass is 14.3. The monoisotopic (exact) mass is 134 g/mol. The van der Waals surface area contributed by atoms with E-state index in [4.69, 9.17) is 0 Å². The van der Waals surface area contributed by atoms with E-state index in [1.54, 1.807) is 16.7 Å². The minimum absolute atomic E-state index is 1.34. The van der Waals surface area contributed by atoms with Gasteiger partial charge in [-0.05, 0) is 50.2 Å². The molecule has 10 heavy (non-hydrogen) atoms. The molecule has 0 heterocycles. The molecule has 2 fully saturated rings. The van der Waals surface area contributed by atoms with Crippen molar-refractivity contribution >= 4 is 0 Å². The number of rotatable bonds is 0. The Balaban J connectivity index is 2.18. The Kier molecular flexibility index (Phi) is 1.40. The van der Waals surface area contributed by atoms with Gasteiger partial charge in [-0.25, -0.2) is 0 Å². The van der Waals surface area contributed by atoms with E-state index in [1.807, 2.05) is 0 Å². The maximum Gasteiger partial charge on any atom is -0.0236 e. The van der Waals surface area contributed by atoms with Crippen molar-refractivity contribution in [1.29, 1.82) is 0 Å². The third-order valence-corrected chi connectivity index (χ3v) is 2.76. The molecule has 0 aromatic rings. The van der Waals surface area contributed by atoms with Gasteiger partial charge in [-0.3, -0.25) is 0 Å². The van der Waals surface area contributed by atoms with Gasteiger partial charge < -0.3 is 0 Å². The Bertz CT molecular complexity index is 200. The van der Waals surface area contributed by atoms with Crippen LogP contribution in [0.3, 0.4) is 0 Å². The Morgan fingerprint density at radius 2 is 1.90 bits per heavy atom. The summed E-state index contributed by atoms with van der Waals surface area (Å²) in [5.41, 5.74) is 5.11. The van der Waals surface area contributed by atoms with E-state index in [0.29, 0.717) is 0 Å². The molecule has 0 bridgehead atoms. The molecule has 2 aliphatic rings. The average Bonchev–Trinajstić information content (AvgIpc) is 1.77. The Hall–Kier alpha value is -0.520. The fourth-order valence-electron chi connectivity index (χ4n) is 1.77. The Labute approximate surface area is 62.6 Å². The second kappa shape index (κ2) is 2.26. The molecule has 0 aromatic carbocycles. The maximum atomic E-state index is 2.28. The minimum atomic E-state index is 1.34. The predicted octanol–water partition coefficient (Wildman–Crippen LogP) is 3.21. The van der Waals surface area contributed by atoms with Crippen LogP contribution in [0.15, 0.2) is 22.8 Å². The summed E-state index contributed by atoms with van der Waals surface area (Å²) < 4.78 is 0. The van der Waals surface area contributed by atoms with Gasteiger partial charge in [0.25, 0.3) is 0 Å². The quantitative estimate of drug-likeness (QED) is 0.477. The zero-order chi connectivity index (χ0) is 6.97. The minimum Gasteiger partial charge on any atom is -0.0842 e. The lowest BCUT2D eigenvalue weighted by atomic mass is 9.75. The molecule has 0 amide bonds. The molecule has 0 aromatic heterocycles.